The van der Waals surface area contributed by atoms with Gasteiger partial charge in [0, 0.05) is 19.6 Å². The molecule has 1 heterocycles. The van der Waals surface area contributed by atoms with Gasteiger partial charge in [-0.25, -0.2) is 0 Å². The maximum atomic E-state index is 12.4. The van der Waals surface area contributed by atoms with E-state index in [1.807, 2.05) is 43.3 Å². The summed E-state index contributed by atoms with van der Waals surface area (Å²) in [6.07, 6.45) is 1.86. The topological polar surface area (TPSA) is 101 Å². The Hall–Kier alpha value is -2.12. The van der Waals surface area contributed by atoms with Crippen molar-refractivity contribution in [3.05, 3.63) is 70.8 Å². The SMILES string of the molecule is Cc1ccc(C(N)C(=O)NCc2cccc(CN3CCCC(C(N)=O)C3)c2)cc1.Cl.Cl. The van der Waals surface area contributed by atoms with E-state index in [1.54, 1.807) is 0 Å². The van der Waals surface area contributed by atoms with E-state index in [0.717, 1.165) is 48.2 Å². The first-order chi connectivity index (χ1) is 13.9. The maximum Gasteiger partial charge on any atom is 0.241 e. The summed E-state index contributed by atoms with van der Waals surface area (Å²) >= 11 is 0. The van der Waals surface area contributed by atoms with Crippen molar-refractivity contribution in [3.63, 3.8) is 0 Å². The molecule has 0 aliphatic carbocycles. The van der Waals surface area contributed by atoms with Gasteiger partial charge in [0.2, 0.25) is 11.8 Å². The Kier molecular flexibility index (Phi) is 11.0. The minimum Gasteiger partial charge on any atom is -0.369 e. The number of nitrogens with zero attached hydrogens (tertiary/aromatic N) is 1. The van der Waals surface area contributed by atoms with Crippen LogP contribution in [0.1, 0.15) is 41.1 Å². The van der Waals surface area contributed by atoms with Gasteiger partial charge in [-0.1, -0.05) is 54.1 Å². The highest BCUT2D eigenvalue weighted by Gasteiger charge is 2.23. The summed E-state index contributed by atoms with van der Waals surface area (Å²) in [5.41, 5.74) is 15.7. The molecular formula is C23H32Cl2N4O2. The van der Waals surface area contributed by atoms with Crippen molar-refractivity contribution in [1.29, 1.82) is 0 Å². The van der Waals surface area contributed by atoms with Gasteiger partial charge in [-0.3, -0.25) is 14.5 Å². The number of carbonyl (C=O) groups excluding carboxylic acids is 2. The van der Waals surface area contributed by atoms with E-state index in [4.69, 9.17) is 11.5 Å². The second-order valence-corrected chi connectivity index (χ2v) is 7.90. The molecule has 1 fully saturated rings. The fraction of sp³-hybridized carbons (Fsp3) is 0.391. The third-order valence-corrected chi connectivity index (χ3v) is 5.49. The maximum absolute atomic E-state index is 12.4. The van der Waals surface area contributed by atoms with Gasteiger partial charge in [0.1, 0.15) is 6.04 Å². The molecule has 3 rings (SSSR count). The summed E-state index contributed by atoms with van der Waals surface area (Å²) < 4.78 is 0. The number of primary amides is 1. The highest BCUT2D eigenvalue weighted by Crippen LogP contribution is 2.19. The molecule has 2 amide bonds. The van der Waals surface area contributed by atoms with Crippen LogP contribution in [0, 0.1) is 12.8 Å². The Bertz CT molecular complexity index is 861. The average Bonchev–Trinajstić information content (AvgIpc) is 2.72. The zero-order valence-electron chi connectivity index (χ0n) is 17.8. The van der Waals surface area contributed by atoms with E-state index >= 15 is 0 Å². The van der Waals surface area contributed by atoms with Crippen LogP contribution in [0.2, 0.25) is 0 Å². The van der Waals surface area contributed by atoms with Gasteiger partial charge < -0.3 is 16.8 Å². The lowest BCUT2D eigenvalue weighted by molar-refractivity contribution is -0.124. The van der Waals surface area contributed by atoms with Gasteiger partial charge in [-0.15, -0.1) is 24.8 Å². The van der Waals surface area contributed by atoms with Crippen molar-refractivity contribution in [2.75, 3.05) is 13.1 Å². The molecule has 2 aromatic carbocycles. The van der Waals surface area contributed by atoms with E-state index in [0.29, 0.717) is 13.1 Å². The summed E-state index contributed by atoms with van der Waals surface area (Å²) in [5.74, 6) is -0.467. The lowest BCUT2D eigenvalue weighted by Crippen LogP contribution is -2.40. The number of halogens is 2. The number of benzene rings is 2. The van der Waals surface area contributed by atoms with Gasteiger partial charge in [0.05, 0.1) is 5.92 Å². The number of carbonyl (C=O) groups is 2. The van der Waals surface area contributed by atoms with Crippen LogP contribution in [0.3, 0.4) is 0 Å². The highest BCUT2D eigenvalue weighted by molar-refractivity contribution is 5.85. The monoisotopic (exact) mass is 466 g/mol. The number of piperidine rings is 1. The van der Waals surface area contributed by atoms with Crippen molar-refractivity contribution < 1.29 is 9.59 Å². The number of rotatable bonds is 7. The van der Waals surface area contributed by atoms with Crippen LogP contribution in [0.15, 0.2) is 48.5 Å². The molecule has 0 aromatic heterocycles. The van der Waals surface area contributed by atoms with Gasteiger partial charge in [-0.2, -0.15) is 0 Å². The number of hydrogen-bond acceptors (Lipinski definition) is 4. The molecule has 2 aromatic rings. The standard InChI is InChI=1S/C23H30N4O2.2ClH/c1-16-7-9-19(10-8-16)21(24)23(29)26-13-17-4-2-5-18(12-17)14-27-11-3-6-20(15-27)22(25)28;;/h2,4-5,7-10,12,20-21H,3,6,11,13-15,24H2,1H3,(H2,25,28)(H,26,29);2*1H. The smallest absolute Gasteiger partial charge is 0.241 e. The van der Waals surface area contributed by atoms with Crippen molar-refractivity contribution in [2.24, 2.45) is 17.4 Å². The minimum atomic E-state index is -0.683. The van der Waals surface area contributed by atoms with Crippen LogP contribution < -0.4 is 16.8 Å². The fourth-order valence-electron chi connectivity index (χ4n) is 3.75. The van der Waals surface area contributed by atoms with Crippen molar-refractivity contribution in [2.45, 2.75) is 38.9 Å². The number of likely N-dealkylation sites (tertiary alicyclic amines) is 1. The molecule has 8 heteroatoms. The van der Waals surface area contributed by atoms with Gasteiger partial charge in [-0.05, 0) is 43.0 Å². The van der Waals surface area contributed by atoms with Gasteiger partial charge in [0.15, 0.2) is 0 Å². The Morgan fingerprint density at radius 2 is 1.81 bits per heavy atom. The molecule has 1 aliphatic heterocycles. The molecule has 0 bridgehead atoms. The van der Waals surface area contributed by atoms with Crippen LogP contribution in [0.5, 0.6) is 0 Å². The Morgan fingerprint density at radius 3 is 2.48 bits per heavy atom. The Balaban J connectivity index is 0.00000240. The third-order valence-electron chi connectivity index (χ3n) is 5.49. The summed E-state index contributed by atoms with van der Waals surface area (Å²) in [7, 11) is 0. The van der Waals surface area contributed by atoms with Crippen LogP contribution >= 0.6 is 24.8 Å². The summed E-state index contributed by atoms with van der Waals surface area (Å²) in [6.45, 7) is 4.88. The number of amides is 2. The molecule has 5 N–H and O–H groups in total. The first-order valence-corrected chi connectivity index (χ1v) is 10.1. The van der Waals surface area contributed by atoms with Crippen LogP contribution in [-0.4, -0.2) is 29.8 Å². The average molecular weight is 467 g/mol. The molecule has 170 valence electrons. The molecule has 2 unspecified atom stereocenters. The lowest BCUT2D eigenvalue weighted by atomic mass is 9.97. The van der Waals surface area contributed by atoms with Crippen LogP contribution in [0.4, 0.5) is 0 Å². The Morgan fingerprint density at radius 1 is 1.13 bits per heavy atom. The first-order valence-electron chi connectivity index (χ1n) is 10.1. The summed E-state index contributed by atoms with van der Waals surface area (Å²) in [4.78, 5) is 26.2. The minimum absolute atomic E-state index is 0. The van der Waals surface area contributed by atoms with E-state index in [1.165, 1.54) is 0 Å². The zero-order chi connectivity index (χ0) is 20.8. The number of aryl methyl sites for hydroxylation is 1. The highest BCUT2D eigenvalue weighted by atomic mass is 35.5. The molecule has 31 heavy (non-hydrogen) atoms. The Labute approximate surface area is 196 Å². The molecule has 1 aliphatic rings. The number of nitrogens with two attached hydrogens (primary N) is 2. The van der Waals surface area contributed by atoms with E-state index < -0.39 is 6.04 Å². The molecule has 6 nitrogen and oxygen atoms in total. The van der Waals surface area contributed by atoms with E-state index in [2.05, 4.69) is 22.3 Å². The van der Waals surface area contributed by atoms with Crippen molar-refractivity contribution in [1.82, 2.24) is 10.2 Å². The summed E-state index contributed by atoms with van der Waals surface area (Å²) in [6, 6.07) is 15.1. The second kappa shape index (κ2) is 12.7. The molecular weight excluding hydrogens is 435 g/mol. The number of nitrogens with one attached hydrogen (secondary N) is 1. The van der Waals surface area contributed by atoms with E-state index in [9.17, 15) is 9.59 Å². The molecule has 0 spiro atoms. The molecule has 0 saturated carbocycles. The van der Waals surface area contributed by atoms with Crippen molar-refractivity contribution >= 4 is 36.6 Å². The normalized spacial score (nSPS) is 17.0. The second-order valence-electron chi connectivity index (χ2n) is 7.90. The number of hydrogen-bond donors (Lipinski definition) is 3. The molecule has 1 saturated heterocycles. The zero-order valence-corrected chi connectivity index (χ0v) is 19.4. The third kappa shape index (κ3) is 7.82. The van der Waals surface area contributed by atoms with Crippen LogP contribution in [0.25, 0.3) is 0 Å². The largest absolute Gasteiger partial charge is 0.369 e. The fourth-order valence-corrected chi connectivity index (χ4v) is 3.75. The first kappa shape index (κ1) is 26.9. The van der Waals surface area contributed by atoms with Gasteiger partial charge >= 0.3 is 0 Å². The van der Waals surface area contributed by atoms with E-state index in [-0.39, 0.29) is 42.5 Å². The quantitative estimate of drug-likeness (QED) is 0.583. The summed E-state index contributed by atoms with van der Waals surface area (Å²) in [5, 5.41) is 2.93. The van der Waals surface area contributed by atoms with Gasteiger partial charge in [0.25, 0.3) is 0 Å². The predicted molar refractivity (Wildman–Crippen MR) is 128 cm³/mol. The van der Waals surface area contributed by atoms with Crippen LogP contribution in [-0.2, 0) is 22.7 Å². The predicted octanol–water partition coefficient (Wildman–Crippen LogP) is 2.85. The molecule has 2 atom stereocenters. The lowest BCUT2D eigenvalue weighted by Gasteiger charge is -2.31. The van der Waals surface area contributed by atoms with Crippen molar-refractivity contribution in [3.8, 4) is 0 Å². The molecule has 0 radical (unpaired) electrons.